The maximum absolute atomic E-state index is 13.4. The van der Waals surface area contributed by atoms with E-state index in [0.717, 1.165) is 23.3 Å². The highest BCUT2D eigenvalue weighted by molar-refractivity contribution is 7.11. The van der Waals surface area contributed by atoms with Crippen molar-refractivity contribution in [2.45, 2.75) is 19.4 Å². The summed E-state index contributed by atoms with van der Waals surface area (Å²) in [5.41, 5.74) is 1.73. The summed E-state index contributed by atoms with van der Waals surface area (Å²) in [7, 11) is 0. The minimum atomic E-state index is -0.278. The van der Waals surface area contributed by atoms with E-state index in [0.29, 0.717) is 35.9 Å². The second kappa shape index (κ2) is 7.77. The number of amides is 2. The molecule has 0 radical (unpaired) electrons. The molecule has 5 rings (SSSR count). The number of hydrogen-bond acceptors (Lipinski definition) is 7. The van der Waals surface area contributed by atoms with Crippen LogP contribution in [-0.4, -0.2) is 53.2 Å². The summed E-state index contributed by atoms with van der Waals surface area (Å²) in [6, 6.07) is 9.22. The molecule has 156 valence electrons. The number of hydrogen-bond donors (Lipinski definition) is 1. The fraction of sp³-hybridized carbons (Fsp3) is 0.364. The molecule has 1 aromatic carbocycles. The summed E-state index contributed by atoms with van der Waals surface area (Å²) in [6.45, 7) is 1.72. The van der Waals surface area contributed by atoms with Crippen LogP contribution in [0.4, 0.5) is 0 Å². The Morgan fingerprint density at radius 3 is 2.80 bits per heavy atom. The number of thiophene rings is 1. The van der Waals surface area contributed by atoms with Gasteiger partial charge in [0.05, 0.1) is 12.1 Å². The first kappa shape index (κ1) is 19.1. The molecule has 0 aliphatic carbocycles. The van der Waals surface area contributed by atoms with E-state index in [1.54, 1.807) is 6.07 Å². The molecule has 30 heavy (non-hydrogen) atoms. The number of piperidine rings is 1. The van der Waals surface area contributed by atoms with Crippen molar-refractivity contribution in [3.63, 3.8) is 0 Å². The highest BCUT2D eigenvalue weighted by atomic mass is 32.1. The van der Waals surface area contributed by atoms with Gasteiger partial charge in [-0.25, -0.2) is 0 Å². The molecule has 1 saturated heterocycles. The lowest BCUT2D eigenvalue weighted by Crippen LogP contribution is -2.40. The van der Waals surface area contributed by atoms with Crippen LogP contribution in [0.3, 0.4) is 0 Å². The van der Waals surface area contributed by atoms with Crippen LogP contribution in [0.2, 0.25) is 0 Å². The van der Waals surface area contributed by atoms with Gasteiger partial charge in [0.15, 0.2) is 11.5 Å². The fourth-order valence-corrected chi connectivity index (χ4v) is 5.04. The molecule has 3 aliphatic rings. The quantitative estimate of drug-likeness (QED) is 0.740. The Morgan fingerprint density at radius 1 is 1.13 bits per heavy atom. The zero-order chi connectivity index (χ0) is 20.7. The largest absolute Gasteiger partial charge is 0.454 e. The summed E-state index contributed by atoms with van der Waals surface area (Å²) in [6.07, 6.45) is 1.81. The number of aliphatic hydroxyl groups is 1. The van der Waals surface area contributed by atoms with Crippen molar-refractivity contribution >= 4 is 28.7 Å². The number of carbonyl (C=O) groups is 2. The van der Waals surface area contributed by atoms with E-state index in [1.807, 2.05) is 34.5 Å². The van der Waals surface area contributed by atoms with E-state index in [9.17, 15) is 14.7 Å². The van der Waals surface area contributed by atoms with Crippen molar-refractivity contribution in [3.8, 4) is 11.5 Å². The van der Waals surface area contributed by atoms with Crippen molar-refractivity contribution < 1.29 is 24.2 Å². The Bertz CT molecular complexity index is 1020. The van der Waals surface area contributed by atoms with Gasteiger partial charge in [-0.2, -0.15) is 0 Å². The lowest BCUT2D eigenvalue weighted by atomic mass is 9.98. The third-order valence-corrected chi connectivity index (χ3v) is 6.67. The molecule has 4 heterocycles. The maximum atomic E-state index is 13.4. The van der Waals surface area contributed by atoms with Crippen molar-refractivity contribution in [1.29, 1.82) is 0 Å². The van der Waals surface area contributed by atoms with Crippen LogP contribution >= 0.6 is 11.3 Å². The molecule has 8 heteroatoms. The second-order valence-corrected chi connectivity index (χ2v) is 8.67. The van der Waals surface area contributed by atoms with E-state index in [1.165, 1.54) is 16.2 Å². The number of rotatable bonds is 5. The zero-order valence-corrected chi connectivity index (χ0v) is 17.2. The summed E-state index contributed by atoms with van der Waals surface area (Å²) >= 11 is 1.45. The van der Waals surface area contributed by atoms with Crippen molar-refractivity contribution in [2.75, 3.05) is 26.5 Å². The number of aliphatic hydroxyl groups excluding tert-OH is 1. The molecule has 0 saturated carbocycles. The van der Waals surface area contributed by atoms with Crippen LogP contribution in [0.25, 0.3) is 5.57 Å². The molecular weight excluding hydrogens is 404 g/mol. The number of benzene rings is 1. The summed E-state index contributed by atoms with van der Waals surface area (Å²) < 4.78 is 10.8. The first-order chi connectivity index (χ1) is 14.7. The highest BCUT2D eigenvalue weighted by Crippen LogP contribution is 2.38. The Labute approximate surface area is 178 Å². The van der Waals surface area contributed by atoms with Gasteiger partial charge in [-0.05, 0) is 47.9 Å². The van der Waals surface area contributed by atoms with Gasteiger partial charge in [0.1, 0.15) is 5.70 Å². The van der Waals surface area contributed by atoms with Gasteiger partial charge < -0.3 is 19.5 Å². The van der Waals surface area contributed by atoms with Gasteiger partial charge in [-0.1, -0.05) is 12.1 Å². The molecule has 1 fully saturated rings. The van der Waals surface area contributed by atoms with Crippen LogP contribution in [0.15, 0.2) is 41.4 Å². The molecule has 2 aromatic rings. The van der Waals surface area contributed by atoms with Gasteiger partial charge >= 0.3 is 0 Å². The van der Waals surface area contributed by atoms with Crippen LogP contribution in [0.5, 0.6) is 11.5 Å². The summed E-state index contributed by atoms with van der Waals surface area (Å²) in [5, 5.41) is 11.5. The van der Waals surface area contributed by atoms with E-state index < -0.39 is 0 Å². The van der Waals surface area contributed by atoms with Crippen LogP contribution in [0.1, 0.15) is 23.3 Å². The molecular formula is C22H22N2O5S. The smallest absolute Gasteiger partial charge is 0.278 e. The molecule has 1 unspecified atom stereocenters. The first-order valence-corrected chi connectivity index (χ1v) is 10.9. The van der Waals surface area contributed by atoms with Crippen LogP contribution in [0, 0.1) is 5.92 Å². The van der Waals surface area contributed by atoms with Gasteiger partial charge in [0.25, 0.3) is 11.8 Å². The summed E-state index contributed by atoms with van der Waals surface area (Å²) in [5.74, 6) is 0.849. The van der Waals surface area contributed by atoms with E-state index >= 15 is 0 Å². The summed E-state index contributed by atoms with van der Waals surface area (Å²) in [4.78, 5) is 30.9. The SMILES string of the molecule is O=C1C(c2cccs2)=C(N2CCCC(CO)C2)C(=O)N1Cc1ccc2c(c1)OCO2. The monoisotopic (exact) mass is 426 g/mol. The number of fused-ring (bicyclic) bond motifs is 1. The van der Waals surface area contributed by atoms with Crippen molar-refractivity contribution in [1.82, 2.24) is 9.80 Å². The topological polar surface area (TPSA) is 79.3 Å². The maximum Gasteiger partial charge on any atom is 0.278 e. The van der Waals surface area contributed by atoms with Gasteiger partial charge in [0, 0.05) is 24.6 Å². The fourth-order valence-electron chi connectivity index (χ4n) is 4.28. The Hall–Kier alpha value is -2.84. The highest BCUT2D eigenvalue weighted by Gasteiger charge is 2.42. The van der Waals surface area contributed by atoms with Gasteiger partial charge in [0.2, 0.25) is 6.79 Å². The molecule has 0 bridgehead atoms. The number of carbonyl (C=O) groups excluding carboxylic acids is 2. The van der Waals surface area contributed by atoms with Gasteiger partial charge in [-0.3, -0.25) is 14.5 Å². The lowest BCUT2D eigenvalue weighted by molar-refractivity contribution is -0.138. The minimum Gasteiger partial charge on any atom is -0.454 e. The van der Waals surface area contributed by atoms with Crippen LogP contribution < -0.4 is 9.47 Å². The Balaban J connectivity index is 1.47. The molecule has 3 aliphatic heterocycles. The number of imide groups is 1. The molecule has 1 N–H and O–H groups in total. The first-order valence-electron chi connectivity index (χ1n) is 10.0. The van der Waals surface area contributed by atoms with Crippen molar-refractivity contribution in [2.24, 2.45) is 5.92 Å². The predicted octanol–water partition coefficient (Wildman–Crippen LogP) is 2.46. The van der Waals surface area contributed by atoms with Gasteiger partial charge in [-0.15, -0.1) is 11.3 Å². The Morgan fingerprint density at radius 2 is 2.00 bits per heavy atom. The normalized spacial score (nSPS) is 21.2. The predicted molar refractivity (Wildman–Crippen MR) is 111 cm³/mol. The van der Waals surface area contributed by atoms with E-state index in [2.05, 4.69) is 0 Å². The van der Waals surface area contributed by atoms with E-state index in [-0.39, 0.29) is 37.7 Å². The average Bonchev–Trinajstić information content (AvgIpc) is 3.50. The molecule has 0 spiro atoms. The third kappa shape index (κ3) is 3.26. The second-order valence-electron chi connectivity index (χ2n) is 7.72. The number of likely N-dealkylation sites (tertiary alicyclic amines) is 1. The molecule has 2 amide bonds. The minimum absolute atomic E-state index is 0.0845. The molecule has 7 nitrogen and oxygen atoms in total. The standard InChI is InChI=1S/C22H22N2O5S/c25-12-15-3-1-7-23(10-15)20-19(18-4-2-8-30-18)21(26)24(22(20)27)11-14-5-6-16-17(9-14)29-13-28-16/h2,4-6,8-9,15,25H,1,3,7,10-13H2. The zero-order valence-electron chi connectivity index (χ0n) is 16.4. The number of ether oxygens (including phenoxy) is 2. The van der Waals surface area contributed by atoms with E-state index in [4.69, 9.17) is 9.47 Å². The molecule has 1 aromatic heterocycles. The average molecular weight is 426 g/mol. The lowest BCUT2D eigenvalue weighted by Gasteiger charge is -2.34. The number of nitrogens with zero attached hydrogens (tertiary/aromatic N) is 2. The molecule has 1 atom stereocenters. The van der Waals surface area contributed by atoms with Crippen LogP contribution in [-0.2, 0) is 16.1 Å². The third-order valence-electron chi connectivity index (χ3n) is 5.78. The van der Waals surface area contributed by atoms with Crippen molar-refractivity contribution in [3.05, 3.63) is 51.8 Å². The Kier molecular flexibility index (Phi) is 4.96.